The van der Waals surface area contributed by atoms with Crippen LogP contribution >= 0.6 is 0 Å². The third-order valence-corrected chi connectivity index (χ3v) is 3.77. The van der Waals surface area contributed by atoms with E-state index in [0.717, 1.165) is 12.8 Å². The summed E-state index contributed by atoms with van der Waals surface area (Å²) in [6, 6.07) is 0. The second kappa shape index (κ2) is 17.2. The third kappa shape index (κ3) is 16.9. The van der Waals surface area contributed by atoms with Gasteiger partial charge < -0.3 is 9.84 Å². The van der Waals surface area contributed by atoms with E-state index < -0.39 is 6.10 Å². The van der Waals surface area contributed by atoms with Crippen LogP contribution in [0, 0.1) is 0 Å². The fraction of sp³-hybridized carbons (Fsp3) is 0.619. The molecule has 0 saturated heterocycles. The molecule has 0 rings (SSSR count). The molecule has 0 aromatic carbocycles. The summed E-state index contributed by atoms with van der Waals surface area (Å²) >= 11 is 0. The molecule has 0 heterocycles. The van der Waals surface area contributed by atoms with Crippen LogP contribution in [0.2, 0.25) is 0 Å². The number of ether oxygens (including phenoxy) is 1. The maximum absolute atomic E-state index is 11.7. The summed E-state index contributed by atoms with van der Waals surface area (Å²) in [6.07, 6.45) is 18.9. The zero-order chi connectivity index (χ0) is 18.8. The Hall–Kier alpha value is -1.68. The van der Waals surface area contributed by atoms with Crippen molar-refractivity contribution in [2.45, 2.75) is 77.2 Å². The van der Waals surface area contributed by atoms with Gasteiger partial charge in [-0.25, -0.2) is 0 Å². The Morgan fingerprint density at radius 1 is 1.00 bits per heavy atom. The molecule has 0 aromatic rings. The maximum atomic E-state index is 11.7. The average molecular weight is 350 g/mol. The van der Waals surface area contributed by atoms with Gasteiger partial charge in [0.05, 0.1) is 13.2 Å². The fourth-order valence-electron chi connectivity index (χ4n) is 2.23. The molecular formula is C21H34O4. The molecule has 0 aliphatic rings. The highest BCUT2D eigenvalue weighted by molar-refractivity contribution is 5.89. The average Bonchev–Trinajstić information content (AvgIpc) is 2.60. The Labute approximate surface area is 152 Å². The number of aliphatic hydroxyl groups is 1. The van der Waals surface area contributed by atoms with Gasteiger partial charge in [0.25, 0.3) is 0 Å². The van der Waals surface area contributed by atoms with Crippen molar-refractivity contribution < 1.29 is 19.4 Å². The lowest BCUT2D eigenvalue weighted by Crippen LogP contribution is -2.05. The number of allylic oxidation sites excluding steroid dienone is 5. The fourth-order valence-corrected chi connectivity index (χ4v) is 2.23. The van der Waals surface area contributed by atoms with Gasteiger partial charge in [0.2, 0.25) is 0 Å². The first-order chi connectivity index (χ1) is 12.1. The molecule has 4 nitrogen and oxygen atoms in total. The van der Waals surface area contributed by atoms with Crippen molar-refractivity contribution in [1.29, 1.82) is 0 Å². The van der Waals surface area contributed by atoms with Gasteiger partial charge in [0.1, 0.15) is 0 Å². The summed E-state index contributed by atoms with van der Waals surface area (Å²) in [5, 5.41) is 9.72. The first-order valence-electron chi connectivity index (χ1n) is 9.37. The van der Waals surface area contributed by atoms with Crippen molar-refractivity contribution in [3.63, 3.8) is 0 Å². The van der Waals surface area contributed by atoms with E-state index in [1.165, 1.54) is 26.4 Å². The van der Waals surface area contributed by atoms with Crippen molar-refractivity contribution >= 4 is 11.8 Å². The number of esters is 1. The van der Waals surface area contributed by atoms with Gasteiger partial charge in [0, 0.05) is 12.8 Å². The van der Waals surface area contributed by atoms with Crippen molar-refractivity contribution in [1.82, 2.24) is 0 Å². The van der Waals surface area contributed by atoms with Crippen LogP contribution in [0.1, 0.15) is 71.1 Å². The van der Waals surface area contributed by atoms with Crippen LogP contribution in [-0.2, 0) is 14.3 Å². The molecule has 1 atom stereocenters. The minimum atomic E-state index is -0.563. The largest absolute Gasteiger partial charge is 0.469 e. The highest BCUT2D eigenvalue weighted by Gasteiger charge is 2.03. The van der Waals surface area contributed by atoms with Gasteiger partial charge in [0.15, 0.2) is 5.78 Å². The smallest absolute Gasteiger partial charge is 0.305 e. The van der Waals surface area contributed by atoms with Crippen molar-refractivity contribution in [3.05, 3.63) is 36.5 Å². The molecule has 0 aliphatic carbocycles. The Morgan fingerprint density at radius 3 is 2.52 bits per heavy atom. The summed E-state index contributed by atoms with van der Waals surface area (Å²) < 4.78 is 4.54. The predicted octanol–water partition coefficient (Wildman–Crippen LogP) is 4.68. The summed E-state index contributed by atoms with van der Waals surface area (Å²) in [6.45, 7) is 2.19. The molecule has 142 valence electrons. The zero-order valence-corrected chi connectivity index (χ0v) is 15.8. The number of methoxy groups -OCH3 is 1. The van der Waals surface area contributed by atoms with Crippen LogP contribution in [0.3, 0.4) is 0 Å². The summed E-state index contributed by atoms with van der Waals surface area (Å²) in [7, 11) is 1.36. The summed E-state index contributed by atoms with van der Waals surface area (Å²) in [5.74, 6) is -0.0947. The number of unbranched alkanes of at least 4 members (excludes halogenated alkanes) is 4. The molecule has 0 fully saturated rings. The molecule has 0 aromatic heterocycles. The Bertz CT molecular complexity index is 435. The predicted molar refractivity (Wildman–Crippen MR) is 102 cm³/mol. The molecule has 0 aliphatic heterocycles. The molecule has 25 heavy (non-hydrogen) atoms. The number of carbonyl (C=O) groups excluding carboxylic acids is 2. The molecular weight excluding hydrogens is 316 g/mol. The van der Waals surface area contributed by atoms with Gasteiger partial charge in [-0.15, -0.1) is 0 Å². The highest BCUT2D eigenvalue weighted by Crippen LogP contribution is 2.05. The van der Waals surface area contributed by atoms with Crippen LogP contribution in [0.5, 0.6) is 0 Å². The number of aliphatic hydroxyl groups excluding tert-OH is 1. The molecule has 1 unspecified atom stereocenters. The van der Waals surface area contributed by atoms with Crippen LogP contribution in [-0.4, -0.2) is 30.1 Å². The Balaban J connectivity index is 3.70. The van der Waals surface area contributed by atoms with Crippen LogP contribution in [0.25, 0.3) is 0 Å². The van der Waals surface area contributed by atoms with Crippen molar-refractivity contribution in [2.75, 3.05) is 7.11 Å². The SMILES string of the molecule is CCCCCC/C=C/C(=O)CC/C=C\C=C\C(O)CCCC(=O)OC. The van der Waals surface area contributed by atoms with Gasteiger partial charge >= 0.3 is 5.97 Å². The first-order valence-corrected chi connectivity index (χ1v) is 9.37. The Kier molecular flexibility index (Phi) is 16.0. The number of hydrogen-bond acceptors (Lipinski definition) is 4. The highest BCUT2D eigenvalue weighted by atomic mass is 16.5. The minimum Gasteiger partial charge on any atom is -0.469 e. The second-order valence-corrected chi connectivity index (χ2v) is 6.11. The maximum Gasteiger partial charge on any atom is 0.305 e. The number of carbonyl (C=O) groups is 2. The number of rotatable bonds is 15. The lowest BCUT2D eigenvalue weighted by Gasteiger charge is -2.03. The van der Waals surface area contributed by atoms with E-state index in [-0.39, 0.29) is 11.8 Å². The lowest BCUT2D eigenvalue weighted by molar-refractivity contribution is -0.140. The minimum absolute atomic E-state index is 0.159. The van der Waals surface area contributed by atoms with Crippen molar-refractivity contribution in [3.8, 4) is 0 Å². The summed E-state index contributed by atoms with van der Waals surface area (Å²) in [4.78, 5) is 22.6. The monoisotopic (exact) mass is 350 g/mol. The topological polar surface area (TPSA) is 63.6 Å². The quantitative estimate of drug-likeness (QED) is 0.202. The first kappa shape index (κ1) is 23.3. The molecule has 4 heteroatoms. The van der Waals surface area contributed by atoms with Crippen LogP contribution in [0.4, 0.5) is 0 Å². The second-order valence-electron chi connectivity index (χ2n) is 6.11. The normalized spacial score (nSPS) is 13.1. The molecule has 0 radical (unpaired) electrons. The van der Waals surface area contributed by atoms with Gasteiger partial charge in [-0.2, -0.15) is 0 Å². The zero-order valence-electron chi connectivity index (χ0n) is 15.8. The summed E-state index contributed by atoms with van der Waals surface area (Å²) in [5.41, 5.74) is 0. The van der Waals surface area contributed by atoms with Gasteiger partial charge in [-0.05, 0) is 38.2 Å². The molecule has 0 spiro atoms. The molecule has 1 N–H and O–H groups in total. The van der Waals surface area contributed by atoms with Crippen LogP contribution in [0.15, 0.2) is 36.5 Å². The van der Waals surface area contributed by atoms with E-state index in [2.05, 4.69) is 11.7 Å². The Morgan fingerprint density at radius 2 is 1.80 bits per heavy atom. The lowest BCUT2D eigenvalue weighted by atomic mass is 10.1. The van der Waals surface area contributed by atoms with Gasteiger partial charge in [-0.3, -0.25) is 9.59 Å². The molecule has 0 saturated carbocycles. The van der Waals surface area contributed by atoms with E-state index in [1.54, 1.807) is 18.2 Å². The molecule has 0 bridgehead atoms. The van der Waals surface area contributed by atoms with E-state index in [9.17, 15) is 14.7 Å². The van der Waals surface area contributed by atoms with E-state index in [4.69, 9.17) is 0 Å². The van der Waals surface area contributed by atoms with Crippen molar-refractivity contribution in [2.24, 2.45) is 0 Å². The standard InChI is InChI=1S/C21H34O4/c1-3-4-5-6-7-10-14-19(22)15-11-8-9-12-16-20(23)17-13-18-21(24)25-2/h8-10,12,14,16,20,23H,3-7,11,13,15,17-18H2,1-2H3/b9-8-,14-10+,16-12+. The third-order valence-electron chi connectivity index (χ3n) is 3.77. The van der Waals surface area contributed by atoms with E-state index >= 15 is 0 Å². The van der Waals surface area contributed by atoms with E-state index in [1.807, 2.05) is 18.2 Å². The number of ketones is 1. The van der Waals surface area contributed by atoms with Crippen LogP contribution < -0.4 is 0 Å². The molecule has 0 amide bonds. The van der Waals surface area contributed by atoms with Gasteiger partial charge in [-0.1, -0.05) is 56.6 Å². The number of hydrogen-bond donors (Lipinski definition) is 1. The van der Waals surface area contributed by atoms with E-state index in [0.29, 0.717) is 32.1 Å².